The number of hydrogen-bond donors (Lipinski definition) is 3. The summed E-state index contributed by atoms with van der Waals surface area (Å²) in [5, 5.41) is 15.3. The van der Waals surface area contributed by atoms with Crippen LogP contribution in [0.5, 0.6) is 0 Å². The maximum atomic E-state index is 8.69. The van der Waals surface area contributed by atoms with E-state index in [-0.39, 0.29) is 5.84 Å². The van der Waals surface area contributed by atoms with E-state index in [2.05, 4.69) is 20.4 Å². The lowest BCUT2D eigenvalue weighted by Gasteiger charge is -2.45. The predicted molar refractivity (Wildman–Crippen MR) is 76.5 cm³/mol. The lowest BCUT2D eigenvalue weighted by Crippen LogP contribution is -2.55. The first-order valence-electron chi connectivity index (χ1n) is 7.15. The average molecular weight is 275 g/mol. The number of nitrogens with one attached hydrogen (secondary N) is 1. The molecule has 0 amide bonds. The number of fused-ring (bicyclic) bond motifs is 3. The van der Waals surface area contributed by atoms with Gasteiger partial charge in [0.05, 0.1) is 0 Å². The van der Waals surface area contributed by atoms with E-state index in [1.54, 1.807) is 6.20 Å². The van der Waals surface area contributed by atoms with Gasteiger partial charge in [0.2, 0.25) is 0 Å². The van der Waals surface area contributed by atoms with Gasteiger partial charge in [-0.1, -0.05) is 5.16 Å². The van der Waals surface area contributed by atoms with Crippen molar-refractivity contribution in [3.63, 3.8) is 0 Å². The Labute approximate surface area is 118 Å². The summed E-state index contributed by atoms with van der Waals surface area (Å²) in [5.74, 6) is 0.861. The fraction of sp³-hybridized carbons (Fsp3) is 0.571. The molecule has 3 aliphatic rings. The number of nitrogens with zero attached hydrogens (tertiary/aromatic N) is 3. The highest BCUT2D eigenvalue weighted by Crippen LogP contribution is 2.27. The topological polar surface area (TPSA) is 86.8 Å². The molecule has 108 valence electrons. The van der Waals surface area contributed by atoms with Crippen molar-refractivity contribution in [2.24, 2.45) is 16.8 Å². The Balaban J connectivity index is 1.61. The molecule has 1 aromatic rings. The van der Waals surface area contributed by atoms with Gasteiger partial charge in [-0.25, -0.2) is 0 Å². The zero-order chi connectivity index (χ0) is 13.9. The van der Waals surface area contributed by atoms with Crippen LogP contribution in [0.15, 0.2) is 23.5 Å². The predicted octanol–water partition coefficient (Wildman–Crippen LogP) is 0.360. The van der Waals surface area contributed by atoms with Crippen LogP contribution in [-0.4, -0.2) is 46.6 Å². The smallest absolute Gasteiger partial charge is 0.188 e. The van der Waals surface area contributed by atoms with Gasteiger partial charge in [-0.15, -0.1) is 0 Å². The summed E-state index contributed by atoms with van der Waals surface area (Å²) in [7, 11) is 0. The third-order valence-corrected chi connectivity index (χ3v) is 4.42. The van der Waals surface area contributed by atoms with Crippen molar-refractivity contribution in [3.05, 3.63) is 29.6 Å². The number of oxime groups is 1. The Hall–Kier alpha value is -1.66. The Morgan fingerprint density at radius 2 is 2.30 bits per heavy atom. The molecule has 0 aliphatic carbocycles. The van der Waals surface area contributed by atoms with Crippen molar-refractivity contribution in [2.75, 3.05) is 19.6 Å². The zero-order valence-corrected chi connectivity index (χ0v) is 11.5. The van der Waals surface area contributed by atoms with Gasteiger partial charge in [0.25, 0.3) is 0 Å². The van der Waals surface area contributed by atoms with Crippen LogP contribution >= 0.6 is 0 Å². The Bertz CT molecular complexity index is 496. The molecular weight excluding hydrogens is 254 g/mol. The quantitative estimate of drug-likeness (QED) is 0.320. The van der Waals surface area contributed by atoms with Gasteiger partial charge in [0.1, 0.15) is 5.69 Å². The molecule has 6 nitrogen and oxygen atoms in total. The molecule has 4 N–H and O–H groups in total. The van der Waals surface area contributed by atoms with Gasteiger partial charge in [-0.05, 0) is 49.5 Å². The largest absolute Gasteiger partial charge is 0.409 e. The van der Waals surface area contributed by atoms with Crippen LogP contribution in [0.4, 0.5) is 0 Å². The average Bonchev–Trinajstić information content (AvgIpc) is 2.53. The summed E-state index contributed by atoms with van der Waals surface area (Å²) in [6.07, 6.45) is 4.31. The second-order valence-corrected chi connectivity index (χ2v) is 5.66. The highest BCUT2D eigenvalue weighted by atomic mass is 16.4. The summed E-state index contributed by atoms with van der Waals surface area (Å²) >= 11 is 0. The zero-order valence-electron chi connectivity index (χ0n) is 11.5. The van der Waals surface area contributed by atoms with Crippen molar-refractivity contribution in [1.82, 2.24) is 15.2 Å². The lowest BCUT2D eigenvalue weighted by molar-refractivity contribution is 0.0720. The Morgan fingerprint density at radius 3 is 2.95 bits per heavy atom. The van der Waals surface area contributed by atoms with Crippen molar-refractivity contribution in [2.45, 2.75) is 25.4 Å². The van der Waals surface area contributed by atoms with Gasteiger partial charge in [-0.2, -0.15) is 0 Å². The van der Waals surface area contributed by atoms with Crippen molar-refractivity contribution in [3.8, 4) is 0 Å². The highest BCUT2D eigenvalue weighted by molar-refractivity contribution is 5.95. The first kappa shape index (κ1) is 13.3. The SMILES string of the molecule is NC(=NO)c1cc(CNC2CN3CCC2CC3)ccn1. The van der Waals surface area contributed by atoms with E-state index < -0.39 is 0 Å². The van der Waals surface area contributed by atoms with E-state index in [4.69, 9.17) is 10.9 Å². The minimum atomic E-state index is 0.0506. The minimum absolute atomic E-state index is 0.0506. The van der Waals surface area contributed by atoms with E-state index >= 15 is 0 Å². The summed E-state index contributed by atoms with van der Waals surface area (Å²) in [6.45, 7) is 4.46. The molecule has 4 heterocycles. The number of rotatable bonds is 4. The van der Waals surface area contributed by atoms with Gasteiger partial charge >= 0.3 is 0 Å². The Morgan fingerprint density at radius 1 is 1.50 bits per heavy atom. The Kier molecular flexibility index (Phi) is 3.84. The molecule has 0 spiro atoms. The molecule has 4 rings (SSSR count). The van der Waals surface area contributed by atoms with Crippen LogP contribution < -0.4 is 11.1 Å². The first-order valence-corrected chi connectivity index (χ1v) is 7.15. The molecule has 3 saturated heterocycles. The van der Waals surface area contributed by atoms with E-state index in [1.807, 2.05) is 12.1 Å². The molecule has 6 heteroatoms. The molecule has 2 bridgehead atoms. The number of piperidine rings is 3. The van der Waals surface area contributed by atoms with E-state index in [0.717, 1.165) is 24.6 Å². The van der Waals surface area contributed by atoms with E-state index in [0.29, 0.717) is 11.7 Å². The van der Waals surface area contributed by atoms with E-state index in [1.165, 1.54) is 25.9 Å². The number of aromatic nitrogens is 1. The standard InChI is InChI=1S/C14H21N5O/c15-14(18-20)12-7-10(1-4-16-12)8-17-13-9-19-5-2-11(13)3-6-19/h1,4,7,11,13,17,20H,2-3,5-6,8-9H2,(H2,15,18). The second-order valence-electron chi connectivity index (χ2n) is 5.66. The molecule has 20 heavy (non-hydrogen) atoms. The van der Waals surface area contributed by atoms with Crippen molar-refractivity contribution in [1.29, 1.82) is 0 Å². The molecule has 1 atom stereocenters. The maximum Gasteiger partial charge on any atom is 0.188 e. The molecule has 0 radical (unpaired) electrons. The summed E-state index contributed by atoms with van der Waals surface area (Å²) in [4.78, 5) is 6.63. The van der Waals surface area contributed by atoms with Gasteiger partial charge in [-0.3, -0.25) is 4.98 Å². The lowest BCUT2D eigenvalue weighted by atomic mass is 9.84. The number of pyridine rings is 1. The monoisotopic (exact) mass is 275 g/mol. The second kappa shape index (κ2) is 5.76. The number of amidine groups is 1. The van der Waals surface area contributed by atoms with Crippen LogP contribution in [0, 0.1) is 5.92 Å². The molecule has 0 saturated carbocycles. The van der Waals surface area contributed by atoms with E-state index in [9.17, 15) is 0 Å². The van der Waals surface area contributed by atoms with Gasteiger partial charge in [0, 0.05) is 25.3 Å². The first-order chi connectivity index (χ1) is 9.76. The molecule has 1 aromatic heterocycles. The maximum absolute atomic E-state index is 8.69. The van der Waals surface area contributed by atoms with Crippen molar-refractivity contribution >= 4 is 5.84 Å². The molecule has 3 fully saturated rings. The van der Waals surface area contributed by atoms with Crippen LogP contribution in [-0.2, 0) is 6.54 Å². The fourth-order valence-electron chi connectivity index (χ4n) is 3.22. The number of hydrogen-bond acceptors (Lipinski definition) is 5. The van der Waals surface area contributed by atoms with Crippen molar-refractivity contribution < 1.29 is 5.21 Å². The highest BCUT2D eigenvalue weighted by Gasteiger charge is 2.33. The van der Waals surface area contributed by atoms with Gasteiger partial charge < -0.3 is 21.2 Å². The summed E-state index contributed by atoms with van der Waals surface area (Å²) in [5.41, 5.74) is 7.19. The normalized spacial score (nSPS) is 29.6. The number of nitrogens with two attached hydrogens (primary N) is 1. The molecular formula is C14H21N5O. The molecule has 1 unspecified atom stereocenters. The van der Waals surface area contributed by atoms with Crippen LogP contribution in [0.3, 0.4) is 0 Å². The summed E-state index contributed by atoms with van der Waals surface area (Å²) < 4.78 is 0. The van der Waals surface area contributed by atoms with Gasteiger partial charge in [0.15, 0.2) is 5.84 Å². The third-order valence-electron chi connectivity index (χ3n) is 4.42. The third kappa shape index (κ3) is 2.76. The summed E-state index contributed by atoms with van der Waals surface area (Å²) in [6, 6.07) is 4.41. The molecule has 3 aliphatic heterocycles. The van der Waals surface area contributed by atoms with Crippen LogP contribution in [0.2, 0.25) is 0 Å². The minimum Gasteiger partial charge on any atom is -0.409 e. The van der Waals surface area contributed by atoms with Crippen LogP contribution in [0.1, 0.15) is 24.1 Å². The van der Waals surface area contributed by atoms with Crippen LogP contribution in [0.25, 0.3) is 0 Å². The fourth-order valence-corrected chi connectivity index (χ4v) is 3.22. The molecule has 0 aromatic carbocycles.